The molecule has 0 N–H and O–H groups in total. The number of benzene rings is 1. The standard InChI is InChI=1S/C16H13ClNS.ClH/c1-18-9-8-12(4-6-14-3-2-10-19-14)15-11-13(17)5-7-16(15)18;/h2-11H,1H3;1H/q+1;/p-1/b6-4+;. The van der Waals surface area contributed by atoms with E-state index in [0.717, 1.165) is 5.02 Å². The molecule has 0 atom stereocenters. The number of hydrogen-bond acceptors (Lipinski definition) is 1. The second kappa shape index (κ2) is 6.40. The van der Waals surface area contributed by atoms with Crippen molar-refractivity contribution in [2.24, 2.45) is 7.05 Å². The first-order chi connectivity index (χ1) is 9.24. The molecular formula is C16H13Cl2NS. The quantitative estimate of drug-likeness (QED) is 0.631. The van der Waals surface area contributed by atoms with Crippen molar-refractivity contribution in [1.29, 1.82) is 0 Å². The molecule has 1 aromatic carbocycles. The van der Waals surface area contributed by atoms with Crippen molar-refractivity contribution in [2.45, 2.75) is 0 Å². The molecule has 0 unspecified atom stereocenters. The van der Waals surface area contributed by atoms with Gasteiger partial charge in [0.1, 0.15) is 7.05 Å². The highest BCUT2D eigenvalue weighted by atomic mass is 35.5. The molecule has 0 bridgehead atoms. The van der Waals surface area contributed by atoms with Crippen LogP contribution in [0, 0.1) is 0 Å². The van der Waals surface area contributed by atoms with Crippen molar-refractivity contribution in [3.8, 4) is 0 Å². The van der Waals surface area contributed by atoms with Gasteiger partial charge in [-0.1, -0.05) is 23.7 Å². The zero-order valence-corrected chi connectivity index (χ0v) is 13.2. The lowest BCUT2D eigenvalue weighted by molar-refractivity contribution is -0.644. The first-order valence-electron chi connectivity index (χ1n) is 6.03. The molecule has 0 amide bonds. The second-order valence-corrected chi connectivity index (χ2v) is 5.81. The SMILES string of the molecule is C[n+]1ccc(/C=C/c2cccs2)c2cc(Cl)ccc21.[Cl-]. The van der Waals surface area contributed by atoms with Gasteiger partial charge in [0.05, 0.1) is 5.39 Å². The summed E-state index contributed by atoms with van der Waals surface area (Å²) in [7, 11) is 2.04. The number of aryl methyl sites for hydroxylation is 1. The molecule has 2 heterocycles. The fourth-order valence-corrected chi connectivity index (χ4v) is 2.90. The highest BCUT2D eigenvalue weighted by Crippen LogP contribution is 2.22. The minimum Gasteiger partial charge on any atom is -1.00 e. The van der Waals surface area contributed by atoms with E-state index < -0.39 is 0 Å². The molecule has 4 heteroatoms. The summed E-state index contributed by atoms with van der Waals surface area (Å²) in [5.74, 6) is 0. The molecular weight excluding hydrogens is 309 g/mol. The van der Waals surface area contributed by atoms with Crippen LogP contribution in [-0.2, 0) is 7.05 Å². The molecule has 2 aromatic heterocycles. The molecule has 0 spiro atoms. The monoisotopic (exact) mass is 321 g/mol. The fraction of sp³-hybridized carbons (Fsp3) is 0.0625. The van der Waals surface area contributed by atoms with Gasteiger partial charge in [-0.2, -0.15) is 0 Å². The first kappa shape index (κ1) is 15.0. The normalized spacial score (nSPS) is 10.9. The van der Waals surface area contributed by atoms with E-state index >= 15 is 0 Å². The average molecular weight is 322 g/mol. The van der Waals surface area contributed by atoms with Gasteiger partial charge in [0.25, 0.3) is 0 Å². The molecule has 0 aliphatic carbocycles. The van der Waals surface area contributed by atoms with Gasteiger partial charge in [0.2, 0.25) is 5.52 Å². The summed E-state index contributed by atoms with van der Waals surface area (Å²) in [4.78, 5) is 1.25. The zero-order valence-electron chi connectivity index (χ0n) is 10.9. The van der Waals surface area contributed by atoms with Crippen molar-refractivity contribution in [2.75, 3.05) is 0 Å². The van der Waals surface area contributed by atoms with Crippen LogP contribution in [0.1, 0.15) is 10.4 Å². The lowest BCUT2D eigenvalue weighted by Gasteiger charge is -2.01. The Morgan fingerprint density at radius 3 is 2.75 bits per heavy atom. The van der Waals surface area contributed by atoms with Crippen molar-refractivity contribution in [3.63, 3.8) is 0 Å². The number of rotatable bonds is 2. The molecule has 3 aromatic rings. The van der Waals surface area contributed by atoms with Gasteiger partial charge in [-0.25, -0.2) is 4.57 Å². The van der Waals surface area contributed by atoms with Gasteiger partial charge >= 0.3 is 0 Å². The third-order valence-corrected chi connectivity index (χ3v) is 4.17. The Kier molecular flexibility index (Phi) is 4.81. The summed E-state index contributed by atoms with van der Waals surface area (Å²) in [6.45, 7) is 0. The highest BCUT2D eigenvalue weighted by Gasteiger charge is 2.08. The minimum atomic E-state index is 0. The van der Waals surface area contributed by atoms with Crippen LogP contribution in [0.25, 0.3) is 23.1 Å². The van der Waals surface area contributed by atoms with Gasteiger partial charge in [-0.05, 0) is 35.2 Å². The third-order valence-electron chi connectivity index (χ3n) is 3.10. The predicted octanol–water partition coefficient (Wildman–Crippen LogP) is 1.55. The van der Waals surface area contributed by atoms with E-state index in [-0.39, 0.29) is 12.4 Å². The van der Waals surface area contributed by atoms with Crippen LogP contribution in [0.5, 0.6) is 0 Å². The van der Waals surface area contributed by atoms with Gasteiger partial charge in [0, 0.05) is 22.0 Å². The Bertz CT molecular complexity index is 749. The Hall–Kier alpha value is -1.35. The van der Waals surface area contributed by atoms with Crippen LogP contribution < -0.4 is 17.0 Å². The Labute approximate surface area is 133 Å². The van der Waals surface area contributed by atoms with E-state index in [2.05, 4.69) is 52.6 Å². The Balaban J connectivity index is 0.00000147. The average Bonchev–Trinajstić information content (AvgIpc) is 2.91. The molecule has 0 fully saturated rings. The van der Waals surface area contributed by atoms with Crippen molar-refractivity contribution in [1.82, 2.24) is 0 Å². The fourth-order valence-electron chi connectivity index (χ4n) is 2.11. The number of nitrogens with zero attached hydrogens (tertiary/aromatic N) is 1. The number of halogens is 2. The zero-order chi connectivity index (χ0) is 13.2. The van der Waals surface area contributed by atoms with Crippen molar-refractivity contribution < 1.29 is 17.0 Å². The topological polar surface area (TPSA) is 3.88 Å². The lowest BCUT2D eigenvalue weighted by Crippen LogP contribution is -3.00. The van der Waals surface area contributed by atoms with E-state index in [9.17, 15) is 0 Å². The van der Waals surface area contributed by atoms with Gasteiger partial charge < -0.3 is 12.4 Å². The summed E-state index contributed by atoms with van der Waals surface area (Å²) in [6.07, 6.45) is 6.36. The molecule has 0 saturated heterocycles. The van der Waals surface area contributed by atoms with Gasteiger partial charge in [0.15, 0.2) is 6.20 Å². The molecule has 3 rings (SSSR count). The first-order valence-corrected chi connectivity index (χ1v) is 7.29. The summed E-state index contributed by atoms with van der Waals surface area (Å²) >= 11 is 7.85. The number of fused-ring (bicyclic) bond motifs is 1. The highest BCUT2D eigenvalue weighted by molar-refractivity contribution is 7.10. The maximum Gasteiger partial charge on any atom is 0.212 e. The van der Waals surface area contributed by atoms with Gasteiger partial charge in [-0.15, -0.1) is 11.3 Å². The van der Waals surface area contributed by atoms with Crippen molar-refractivity contribution >= 4 is 46.0 Å². The predicted molar refractivity (Wildman–Crippen MR) is 83.4 cm³/mol. The maximum absolute atomic E-state index is 6.11. The van der Waals surface area contributed by atoms with Crippen LogP contribution in [0.3, 0.4) is 0 Å². The molecule has 0 radical (unpaired) electrons. The number of hydrogen-bond donors (Lipinski definition) is 0. The molecule has 0 aliphatic heterocycles. The molecule has 0 aliphatic rings. The summed E-state index contributed by atoms with van der Waals surface area (Å²) in [5, 5.41) is 4.02. The van der Waals surface area contributed by atoms with E-state index in [4.69, 9.17) is 11.6 Å². The lowest BCUT2D eigenvalue weighted by atomic mass is 10.1. The van der Waals surface area contributed by atoms with Crippen LogP contribution in [-0.4, -0.2) is 0 Å². The molecule has 0 saturated carbocycles. The van der Waals surface area contributed by atoms with E-state index in [1.807, 2.05) is 19.2 Å². The molecule has 102 valence electrons. The molecule has 1 nitrogen and oxygen atoms in total. The van der Waals surface area contributed by atoms with Crippen molar-refractivity contribution in [3.05, 3.63) is 63.4 Å². The number of pyridine rings is 1. The smallest absolute Gasteiger partial charge is 0.212 e. The second-order valence-electron chi connectivity index (χ2n) is 4.39. The molecule has 20 heavy (non-hydrogen) atoms. The summed E-state index contributed by atoms with van der Waals surface area (Å²) < 4.78 is 2.11. The van der Waals surface area contributed by atoms with Gasteiger partial charge in [-0.3, -0.25) is 0 Å². The van der Waals surface area contributed by atoms with Crippen LogP contribution in [0.2, 0.25) is 5.02 Å². The summed E-state index contributed by atoms with van der Waals surface area (Å²) in [6, 6.07) is 12.3. The Morgan fingerprint density at radius 2 is 2.00 bits per heavy atom. The maximum atomic E-state index is 6.11. The third kappa shape index (κ3) is 3.04. The summed E-state index contributed by atoms with van der Waals surface area (Å²) in [5.41, 5.74) is 2.36. The van der Waals surface area contributed by atoms with E-state index in [1.165, 1.54) is 21.3 Å². The van der Waals surface area contributed by atoms with Crippen LogP contribution >= 0.6 is 22.9 Å². The van der Waals surface area contributed by atoms with Crippen LogP contribution in [0.4, 0.5) is 0 Å². The number of thiophene rings is 1. The number of aromatic nitrogens is 1. The minimum absolute atomic E-state index is 0. The Morgan fingerprint density at radius 1 is 1.15 bits per heavy atom. The van der Waals surface area contributed by atoms with Crippen LogP contribution in [0.15, 0.2) is 48.0 Å². The largest absolute Gasteiger partial charge is 1.00 e. The van der Waals surface area contributed by atoms with E-state index in [0.29, 0.717) is 0 Å². The van der Waals surface area contributed by atoms with E-state index in [1.54, 1.807) is 11.3 Å².